The van der Waals surface area contributed by atoms with Crippen molar-refractivity contribution in [3.8, 4) is 17.2 Å². The maximum atomic E-state index is 12.3. The van der Waals surface area contributed by atoms with Crippen molar-refractivity contribution >= 4 is 5.97 Å². The molecule has 0 amide bonds. The zero-order valence-electron chi connectivity index (χ0n) is 21.8. The van der Waals surface area contributed by atoms with Crippen LogP contribution < -0.4 is 14.2 Å². The first-order chi connectivity index (χ1) is 16.7. The first-order valence-corrected chi connectivity index (χ1v) is 13.1. The SMILES string of the molecule is [CH2]CCCCCCCCCCCCCCCCCOOC(=O)c1cc(OC)c(OC)cc1OC. The molecule has 6 heteroatoms. The van der Waals surface area contributed by atoms with Gasteiger partial charge >= 0.3 is 5.97 Å². The number of methoxy groups -OCH3 is 3. The average Bonchev–Trinajstić information content (AvgIpc) is 2.86. The number of carbonyl (C=O) groups is 1. The summed E-state index contributed by atoms with van der Waals surface area (Å²) < 4.78 is 15.7. The van der Waals surface area contributed by atoms with Gasteiger partial charge in [0.2, 0.25) is 0 Å². The molecule has 0 aliphatic heterocycles. The van der Waals surface area contributed by atoms with E-state index in [4.69, 9.17) is 24.0 Å². The van der Waals surface area contributed by atoms with E-state index >= 15 is 0 Å². The number of carbonyl (C=O) groups excluding carboxylic acids is 1. The van der Waals surface area contributed by atoms with Gasteiger partial charge in [0, 0.05) is 12.1 Å². The molecule has 1 rings (SSSR count). The van der Waals surface area contributed by atoms with Crippen molar-refractivity contribution in [3.05, 3.63) is 24.6 Å². The van der Waals surface area contributed by atoms with Crippen LogP contribution in [0.5, 0.6) is 17.2 Å². The van der Waals surface area contributed by atoms with Gasteiger partial charge < -0.3 is 14.2 Å². The fourth-order valence-corrected chi connectivity index (χ4v) is 3.96. The van der Waals surface area contributed by atoms with Gasteiger partial charge in [0.15, 0.2) is 11.5 Å². The lowest BCUT2D eigenvalue weighted by molar-refractivity contribution is -0.241. The van der Waals surface area contributed by atoms with Gasteiger partial charge in [0.1, 0.15) is 11.3 Å². The molecule has 0 unspecified atom stereocenters. The van der Waals surface area contributed by atoms with E-state index in [1.807, 2.05) is 0 Å². The lowest BCUT2D eigenvalue weighted by Crippen LogP contribution is -2.09. The summed E-state index contributed by atoms with van der Waals surface area (Å²) in [5.41, 5.74) is 0.227. The van der Waals surface area contributed by atoms with Gasteiger partial charge in [-0.1, -0.05) is 103 Å². The van der Waals surface area contributed by atoms with Crippen LogP contribution in [0.25, 0.3) is 0 Å². The van der Waals surface area contributed by atoms with Gasteiger partial charge in [0.05, 0.1) is 27.9 Å². The standard InChI is InChI=1S/C28H47O6/c1-5-6-7-8-9-10-11-12-13-14-15-16-17-18-19-20-21-33-34-28(29)24-22-26(31-3)27(32-4)23-25(24)30-2/h22-23H,1,5-21H2,2-4H3. The van der Waals surface area contributed by atoms with Gasteiger partial charge in [-0.25, -0.2) is 4.79 Å². The molecule has 0 N–H and O–H groups in total. The van der Waals surface area contributed by atoms with Crippen LogP contribution >= 0.6 is 0 Å². The van der Waals surface area contributed by atoms with Crippen LogP contribution in [0.3, 0.4) is 0 Å². The Hall–Kier alpha value is -1.95. The van der Waals surface area contributed by atoms with E-state index in [9.17, 15) is 4.79 Å². The third kappa shape index (κ3) is 13.1. The van der Waals surface area contributed by atoms with E-state index in [-0.39, 0.29) is 5.56 Å². The number of benzene rings is 1. The molecule has 34 heavy (non-hydrogen) atoms. The Morgan fingerprint density at radius 3 is 1.47 bits per heavy atom. The molecule has 1 radical (unpaired) electrons. The molecule has 0 heterocycles. The highest BCUT2D eigenvalue weighted by atomic mass is 17.2. The largest absolute Gasteiger partial charge is 0.496 e. The van der Waals surface area contributed by atoms with Crippen molar-refractivity contribution in [2.24, 2.45) is 0 Å². The molecule has 0 aliphatic carbocycles. The van der Waals surface area contributed by atoms with Crippen LogP contribution in [0.15, 0.2) is 12.1 Å². The predicted octanol–water partition coefficient (Wildman–Crippen LogP) is 7.88. The van der Waals surface area contributed by atoms with E-state index in [0.29, 0.717) is 23.9 Å². The summed E-state index contributed by atoms with van der Waals surface area (Å²) >= 11 is 0. The molecular formula is C28H47O6. The Bertz CT molecular complexity index is 646. The van der Waals surface area contributed by atoms with Gasteiger partial charge in [-0.05, 0) is 6.42 Å². The fourth-order valence-electron chi connectivity index (χ4n) is 3.96. The first-order valence-electron chi connectivity index (χ1n) is 13.1. The monoisotopic (exact) mass is 479 g/mol. The van der Waals surface area contributed by atoms with Gasteiger partial charge in [-0.2, -0.15) is 4.89 Å². The lowest BCUT2D eigenvalue weighted by Gasteiger charge is -2.13. The lowest BCUT2D eigenvalue weighted by atomic mass is 10.0. The van der Waals surface area contributed by atoms with Crippen LogP contribution in [-0.4, -0.2) is 33.9 Å². The number of hydrogen-bond acceptors (Lipinski definition) is 6. The Labute approximate surface area is 207 Å². The van der Waals surface area contributed by atoms with Crippen LogP contribution in [0, 0.1) is 6.92 Å². The zero-order valence-corrected chi connectivity index (χ0v) is 21.8. The second-order valence-corrected chi connectivity index (χ2v) is 8.76. The smallest absolute Gasteiger partial charge is 0.376 e. The number of rotatable bonds is 22. The highest BCUT2D eigenvalue weighted by Gasteiger charge is 2.19. The minimum absolute atomic E-state index is 0.227. The second-order valence-electron chi connectivity index (χ2n) is 8.76. The highest BCUT2D eigenvalue weighted by Crippen LogP contribution is 2.35. The second kappa shape index (κ2) is 20.4. The summed E-state index contributed by atoms with van der Waals surface area (Å²) in [7, 11) is 4.51. The molecule has 0 bridgehead atoms. The van der Waals surface area contributed by atoms with Crippen LogP contribution in [0.4, 0.5) is 0 Å². The Morgan fingerprint density at radius 1 is 0.618 bits per heavy atom. The third-order valence-electron chi connectivity index (χ3n) is 6.04. The topological polar surface area (TPSA) is 63.2 Å². The molecule has 0 saturated carbocycles. The van der Waals surface area contributed by atoms with Crippen LogP contribution in [0.1, 0.15) is 113 Å². The Kier molecular flexibility index (Phi) is 18.1. The van der Waals surface area contributed by atoms with Crippen LogP contribution in [0.2, 0.25) is 0 Å². The van der Waals surface area contributed by atoms with Crippen molar-refractivity contribution < 1.29 is 28.8 Å². The van der Waals surface area contributed by atoms with E-state index in [1.54, 1.807) is 6.07 Å². The van der Waals surface area contributed by atoms with E-state index in [2.05, 4.69) is 6.92 Å². The quantitative estimate of drug-likeness (QED) is 0.0957. The molecule has 1 aromatic carbocycles. The minimum atomic E-state index is -0.619. The van der Waals surface area contributed by atoms with Gasteiger partial charge in [0.25, 0.3) is 0 Å². The summed E-state index contributed by atoms with van der Waals surface area (Å²) in [6.45, 7) is 4.28. The fraction of sp³-hybridized carbons (Fsp3) is 0.714. The summed E-state index contributed by atoms with van der Waals surface area (Å²) in [4.78, 5) is 22.4. The van der Waals surface area contributed by atoms with Crippen molar-refractivity contribution in [3.63, 3.8) is 0 Å². The maximum absolute atomic E-state index is 12.3. The van der Waals surface area contributed by atoms with Gasteiger partial charge in [-0.3, -0.25) is 4.89 Å². The summed E-state index contributed by atoms with van der Waals surface area (Å²) in [5, 5.41) is 0. The average molecular weight is 480 g/mol. The number of hydrogen-bond donors (Lipinski definition) is 0. The van der Waals surface area contributed by atoms with E-state index < -0.39 is 5.97 Å². The first kappa shape index (κ1) is 30.1. The van der Waals surface area contributed by atoms with E-state index in [1.165, 1.54) is 111 Å². The van der Waals surface area contributed by atoms with Crippen LogP contribution in [-0.2, 0) is 9.78 Å². The number of ether oxygens (including phenoxy) is 3. The Balaban J connectivity index is 2.00. The predicted molar refractivity (Wildman–Crippen MR) is 137 cm³/mol. The normalized spacial score (nSPS) is 10.8. The molecule has 195 valence electrons. The highest BCUT2D eigenvalue weighted by molar-refractivity contribution is 5.93. The summed E-state index contributed by atoms with van der Waals surface area (Å²) in [6.07, 6.45) is 20.5. The third-order valence-corrected chi connectivity index (χ3v) is 6.04. The van der Waals surface area contributed by atoms with Crippen molar-refractivity contribution in [1.29, 1.82) is 0 Å². The molecule has 0 aromatic heterocycles. The van der Waals surface area contributed by atoms with E-state index in [0.717, 1.165) is 19.3 Å². The van der Waals surface area contributed by atoms with Crippen molar-refractivity contribution in [1.82, 2.24) is 0 Å². The molecule has 0 atom stereocenters. The Morgan fingerprint density at radius 2 is 1.03 bits per heavy atom. The summed E-state index contributed by atoms with van der Waals surface area (Å²) in [6, 6.07) is 3.11. The molecule has 0 saturated heterocycles. The molecule has 0 fully saturated rings. The summed E-state index contributed by atoms with van der Waals surface area (Å²) in [5.74, 6) is 0.618. The molecule has 0 aliphatic rings. The zero-order chi connectivity index (χ0) is 24.9. The van der Waals surface area contributed by atoms with Crippen molar-refractivity contribution in [2.75, 3.05) is 27.9 Å². The molecule has 1 aromatic rings. The van der Waals surface area contributed by atoms with Gasteiger partial charge in [-0.15, -0.1) is 0 Å². The van der Waals surface area contributed by atoms with Crippen molar-refractivity contribution in [2.45, 2.75) is 103 Å². The molecule has 0 spiro atoms. The maximum Gasteiger partial charge on any atom is 0.376 e. The minimum Gasteiger partial charge on any atom is -0.496 e. The molecule has 6 nitrogen and oxygen atoms in total. The molecular weight excluding hydrogens is 432 g/mol. The number of unbranched alkanes of at least 4 members (excludes halogenated alkanes) is 15.